The zero-order valence-corrected chi connectivity index (χ0v) is 10.0. The predicted octanol–water partition coefficient (Wildman–Crippen LogP) is 2.51. The second-order valence-corrected chi connectivity index (χ2v) is 5.11. The topological polar surface area (TPSA) is 32.3 Å². The van der Waals surface area contributed by atoms with Crippen LogP contribution in [0.3, 0.4) is 0 Å². The Kier molecular flexibility index (Phi) is 4.89. The molecule has 4 heteroatoms. The minimum absolute atomic E-state index is 0.273. The van der Waals surface area contributed by atoms with Gasteiger partial charge < -0.3 is 10.4 Å². The molecule has 0 aliphatic heterocycles. The van der Waals surface area contributed by atoms with Gasteiger partial charge in [-0.25, -0.2) is 0 Å². The molecule has 1 atom stereocenters. The molecule has 0 aliphatic rings. The summed E-state index contributed by atoms with van der Waals surface area (Å²) in [6.45, 7) is 5.43. The van der Waals surface area contributed by atoms with Gasteiger partial charge in [0.25, 0.3) is 0 Å². The molecule has 0 amide bonds. The first kappa shape index (κ1) is 12.0. The lowest BCUT2D eigenvalue weighted by Gasteiger charge is -2.14. The lowest BCUT2D eigenvalue weighted by atomic mass is 10.1. The molecule has 0 saturated heterocycles. The molecule has 1 aromatic heterocycles. The monoisotopic (exact) mass is 233 g/mol. The van der Waals surface area contributed by atoms with Crippen molar-refractivity contribution in [3.8, 4) is 0 Å². The maximum atomic E-state index is 9.52. The van der Waals surface area contributed by atoms with Gasteiger partial charge in [-0.2, -0.15) is 0 Å². The third-order valence-electron chi connectivity index (χ3n) is 2.04. The van der Waals surface area contributed by atoms with Gasteiger partial charge in [0.2, 0.25) is 0 Å². The fraction of sp³-hybridized carbons (Fsp3) is 0.600. The largest absolute Gasteiger partial charge is 0.392 e. The zero-order chi connectivity index (χ0) is 10.6. The van der Waals surface area contributed by atoms with Crippen molar-refractivity contribution in [3.63, 3.8) is 0 Å². The quantitative estimate of drug-likeness (QED) is 0.819. The number of aliphatic hydroxyl groups excluding tert-OH is 1. The number of nitrogens with one attached hydrogen (secondary N) is 1. The van der Waals surface area contributed by atoms with E-state index in [-0.39, 0.29) is 6.10 Å². The summed E-state index contributed by atoms with van der Waals surface area (Å²) in [5.74, 6) is 0.300. The highest BCUT2D eigenvalue weighted by molar-refractivity contribution is 7.10. The third kappa shape index (κ3) is 3.96. The fourth-order valence-corrected chi connectivity index (χ4v) is 2.07. The Hall–Kier alpha value is -0.0900. The summed E-state index contributed by atoms with van der Waals surface area (Å²) in [6, 6.07) is 1.95. The summed E-state index contributed by atoms with van der Waals surface area (Å²) < 4.78 is 0. The molecular weight excluding hydrogens is 218 g/mol. The Bertz CT molecular complexity index is 275. The van der Waals surface area contributed by atoms with Crippen molar-refractivity contribution in [2.45, 2.75) is 26.5 Å². The Balaban J connectivity index is 2.22. The van der Waals surface area contributed by atoms with E-state index in [1.54, 1.807) is 11.3 Å². The van der Waals surface area contributed by atoms with Crippen molar-refractivity contribution in [2.24, 2.45) is 5.92 Å². The molecular formula is C10H16ClNOS. The second kappa shape index (κ2) is 5.71. The summed E-state index contributed by atoms with van der Waals surface area (Å²) >= 11 is 7.42. The SMILES string of the molecule is CC(C)C(O)CNCc1cc(Cl)cs1. The molecule has 0 spiro atoms. The first-order valence-electron chi connectivity index (χ1n) is 4.71. The summed E-state index contributed by atoms with van der Waals surface area (Å²) in [4.78, 5) is 1.20. The number of hydrogen-bond donors (Lipinski definition) is 2. The van der Waals surface area contributed by atoms with Crippen LogP contribution < -0.4 is 5.32 Å². The Morgan fingerprint density at radius 3 is 2.79 bits per heavy atom. The van der Waals surface area contributed by atoms with Crippen LogP contribution in [-0.4, -0.2) is 17.8 Å². The van der Waals surface area contributed by atoms with Crippen LogP contribution in [0.5, 0.6) is 0 Å². The molecule has 1 aromatic rings. The number of aliphatic hydroxyl groups is 1. The van der Waals surface area contributed by atoms with Crippen LogP contribution in [0.2, 0.25) is 5.02 Å². The molecule has 1 rings (SSSR count). The van der Waals surface area contributed by atoms with Crippen LogP contribution in [0.15, 0.2) is 11.4 Å². The molecule has 2 N–H and O–H groups in total. The van der Waals surface area contributed by atoms with E-state index in [4.69, 9.17) is 11.6 Å². The van der Waals surface area contributed by atoms with Crippen molar-refractivity contribution in [1.29, 1.82) is 0 Å². The standard InChI is InChI=1S/C10H16ClNOS/c1-7(2)10(13)5-12-4-9-3-8(11)6-14-9/h3,6-7,10,12-13H,4-5H2,1-2H3. The summed E-state index contributed by atoms with van der Waals surface area (Å²) in [5.41, 5.74) is 0. The highest BCUT2D eigenvalue weighted by Crippen LogP contribution is 2.18. The first-order chi connectivity index (χ1) is 6.59. The molecule has 0 aromatic carbocycles. The van der Waals surface area contributed by atoms with Crippen LogP contribution >= 0.6 is 22.9 Å². The highest BCUT2D eigenvalue weighted by atomic mass is 35.5. The van der Waals surface area contributed by atoms with Gasteiger partial charge in [-0.1, -0.05) is 25.4 Å². The molecule has 0 bridgehead atoms. The van der Waals surface area contributed by atoms with Gasteiger partial charge >= 0.3 is 0 Å². The van der Waals surface area contributed by atoms with Gasteiger partial charge in [-0.15, -0.1) is 11.3 Å². The van der Waals surface area contributed by atoms with E-state index in [9.17, 15) is 5.11 Å². The number of hydrogen-bond acceptors (Lipinski definition) is 3. The number of thiophene rings is 1. The average Bonchev–Trinajstić information content (AvgIpc) is 2.51. The van der Waals surface area contributed by atoms with Crippen molar-refractivity contribution >= 4 is 22.9 Å². The van der Waals surface area contributed by atoms with Crippen LogP contribution in [0.25, 0.3) is 0 Å². The van der Waals surface area contributed by atoms with E-state index in [1.807, 2.05) is 25.3 Å². The molecule has 0 radical (unpaired) electrons. The normalized spacial score (nSPS) is 13.5. The van der Waals surface area contributed by atoms with Crippen molar-refractivity contribution in [1.82, 2.24) is 5.32 Å². The Morgan fingerprint density at radius 1 is 1.57 bits per heavy atom. The summed E-state index contributed by atoms with van der Waals surface area (Å²) in [6.07, 6.45) is -0.273. The molecule has 14 heavy (non-hydrogen) atoms. The average molecular weight is 234 g/mol. The lowest BCUT2D eigenvalue weighted by molar-refractivity contribution is 0.123. The van der Waals surface area contributed by atoms with Crippen LogP contribution in [0.4, 0.5) is 0 Å². The Morgan fingerprint density at radius 2 is 2.29 bits per heavy atom. The van der Waals surface area contributed by atoms with E-state index in [1.165, 1.54) is 4.88 Å². The molecule has 2 nitrogen and oxygen atoms in total. The van der Waals surface area contributed by atoms with Gasteiger partial charge in [0.1, 0.15) is 0 Å². The molecule has 1 heterocycles. The molecule has 0 aliphatic carbocycles. The lowest BCUT2D eigenvalue weighted by Crippen LogP contribution is -2.29. The third-order valence-corrected chi connectivity index (χ3v) is 3.33. The second-order valence-electron chi connectivity index (χ2n) is 3.67. The number of halogens is 1. The smallest absolute Gasteiger partial charge is 0.0687 e. The van der Waals surface area contributed by atoms with Gasteiger partial charge in [0.15, 0.2) is 0 Å². The maximum absolute atomic E-state index is 9.52. The fourth-order valence-electron chi connectivity index (χ4n) is 1.03. The molecule has 0 fully saturated rings. The summed E-state index contributed by atoms with van der Waals surface area (Å²) in [5, 5.41) is 15.4. The predicted molar refractivity (Wildman–Crippen MR) is 61.9 cm³/mol. The van der Waals surface area contributed by atoms with E-state index >= 15 is 0 Å². The molecule has 0 saturated carbocycles. The van der Waals surface area contributed by atoms with Gasteiger partial charge in [0.05, 0.1) is 11.1 Å². The minimum atomic E-state index is -0.273. The van der Waals surface area contributed by atoms with Gasteiger partial charge in [-0.3, -0.25) is 0 Å². The molecule has 1 unspecified atom stereocenters. The Labute approximate surface area is 93.9 Å². The van der Waals surface area contributed by atoms with Crippen molar-refractivity contribution in [2.75, 3.05) is 6.54 Å². The van der Waals surface area contributed by atoms with Crippen molar-refractivity contribution in [3.05, 3.63) is 21.3 Å². The van der Waals surface area contributed by atoms with E-state index < -0.39 is 0 Å². The van der Waals surface area contributed by atoms with Crippen molar-refractivity contribution < 1.29 is 5.11 Å². The maximum Gasteiger partial charge on any atom is 0.0687 e. The minimum Gasteiger partial charge on any atom is -0.392 e. The highest BCUT2D eigenvalue weighted by Gasteiger charge is 2.08. The summed E-state index contributed by atoms with van der Waals surface area (Å²) in [7, 11) is 0. The number of rotatable bonds is 5. The van der Waals surface area contributed by atoms with Gasteiger partial charge in [0, 0.05) is 23.3 Å². The van der Waals surface area contributed by atoms with E-state index in [0.29, 0.717) is 12.5 Å². The first-order valence-corrected chi connectivity index (χ1v) is 5.97. The van der Waals surface area contributed by atoms with E-state index in [2.05, 4.69) is 5.32 Å². The molecule has 80 valence electrons. The van der Waals surface area contributed by atoms with Crippen LogP contribution in [0, 0.1) is 5.92 Å². The van der Waals surface area contributed by atoms with E-state index in [0.717, 1.165) is 11.6 Å². The van der Waals surface area contributed by atoms with Crippen LogP contribution in [0.1, 0.15) is 18.7 Å². The van der Waals surface area contributed by atoms with Crippen LogP contribution in [-0.2, 0) is 6.54 Å². The van der Waals surface area contributed by atoms with Gasteiger partial charge in [-0.05, 0) is 12.0 Å². The zero-order valence-electron chi connectivity index (χ0n) is 8.46.